The summed E-state index contributed by atoms with van der Waals surface area (Å²) in [6, 6.07) is 6.98. The van der Waals surface area contributed by atoms with E-state index in [1.54, 1.807) is 24.3 Å². The second-order valence-corrected chi connectivity index (χ2v) is 4.44. The maximum atomic E-state index is 11.3. The summed E-state index contributed by atoms with van der Waals surface area (Å²) in [5.74, 6) is -1.51. The van der Waals surface area contributed by atoms with E-state index in [9.17, 15) is 9.59 Å². The van der Waals surface area contributed by atoms with Crippen LogP contribution < -0.4 is 11.5 Å². The van der Waals surface area contributed by atoms with Gasteiger partial charge in [-0.3, -0.25) is 9.59 Å². The Labute approximate surface area is 97.6 Å². The summed E-state index contributed by atoms with van der Waals surface area (Å²) in [6.07, 6.45) is 0.388. The van der Waals surface area contributed by atoms with E-state index in [0.29, 0.717) is 11.4 Å². The highest BCUT2D eigenvalue weighted by atomic mass is 35.5. The molecule has 16 heavy (non-hydrogen) atoms. The van der Waals surface area contributed by atoms with Crippen molar-refractivity contribution >= 4 is 23.4 Å². The average Bonchev–Trinajstić information content (AvgIpc) is 2.95. The first-order chi connectivity index (χ1) is 7.48. The number of carbonyl (C=O) groups is 2. The molecule has 1 unspecified atom stereocenters. The maximum absolute atomic E-state index is 11.3. The van der Waals surface area contributed by atoms with Gasteiger partial charge in [-0.25, -0.2) is 0 Å². The number of benzene rings is 1. The van der Waals surface area contributed by atoms with Gasteiger partial charge in [0.1, 0.15) is 5.41 Å². The molecule has 0 radical (unpaired) electrons. The fourth-order valence-electron chi connectivity index (χ4n) is 2.03. The van der Waals surface area contributed by atoms with Crippen molar-refractivity contribution in [3.8, 4) is 0 Å². The quantitative estimate of drug-likeness (QED) is 0.763. The molecule has 1 fully saturated rings. The molecule has 1 atom stereocenters. The number of carbonyl (C=O) groups excluding carboxylic acids is 2. The molecule has 5 heteroatoms. The van der Waals surface area contributed by atoms with Crippen molar-refractivity contribution in [2.45, 2.75) is 12.3 Å². The number of amides is 2. The van der Waals surface area contributed by atoms with E-state index < -0.39 is 17.2 Å². The van der Waals surface area contributed by atoms with Crippen molar-refractivity contribution in [1.82, 2.24) is 0 Å². The molecule has 1 saturated carbocycles. The van der Waals surface area contributed by atoms with Crippen LogP contribution in [-0.4, -0.2) is 11.8 Å². The van der Waals surface area contributed by atoms with Gasteiger partial charge in [0.2, 0.25) is 11.8 Å². The van der Waals surface area contributed by atoms with Gasteiger partial charge in [0.15, 0.2) is 0 Å². The number of rotatable bonds is 3. The first-order valence-corrected chi connectivity index (χ1v) is 5.21. The molecule has 1 aromatic rings. The van der Waals surface area contributed by atoms with Crippen LogP contribution >= 0.6 is 11.6 Å². The maximum Gasteiger partial charge on any atom is 0.233 e. The smallest absolute Gasteiger partial charge is 0.233 e. The van der Waals surface area contributed by atoms with Crippen LogP contribution in [-0.2, 0) is 9.59 Å². The van der Waals surface area contributed by atoms with E-state index in [-0.39, 0.29) is 5.92 Å². The van der Waals surface area contributed by atoms with Crippen molar-refractivity contribution in [1.29, 1.82) is 0 Å². The SMILES string of the molecule is NC(=O)C1(C(N)=O)CC1c1ccc(Cl)cc1. The topological polar surface area (TPSA) is 86.2 Å². The summed E-state index contributed by atoms with van der Waals surface area (Å²) in [6.45, 7) is 0. The zero-order valence-corrected chi connectivity index (χ0v) is 9.20. The van der Waals surface area contributed by atoms with E-state index in [0.717, 1.165) is 5.56 Å². The fourth-order valence-corrected chi connectivity index (χ4v) is 2.15. The third-order valence-electron chi connectivity index (χ3n) is 3.11. The normalized spacial score (nSPS) is 21.4. The molecule has 0 aromatic heterocycles. The van der Waals surface area contributed by atoms with Gasteiger partial charge in [-0.15, -0.1) is 0 Å². The van der Waals surface area contributed by atoms with Gasteiger partial charge >= 0.3 is 0 Å². The summed E-state index contributed by atoms with van der Waals surface area (Å²) in [5, 5.41) is 0.605. The highest BCUT2D eigenvalue weighted by Gasteiger charge is 2.64. The highest BCUT2D eigenvalue weighted by Crippen LogP contribution is 2.58. The zero-order valence-electron chi connectivity index (χ0n) is 8.44. The van der Waals surface area contributed by atoms with Crippen LogP contribution in [0.15, 0.2) is 24.3 Å². The Morgan fingerprint density at radius 1 is 1.19 bits per heavy atom. The van der Waals surface area contributed by atoms with E-state index >= 15 is 0 Å². The van der Waals surface area contributed by atoms with E-state index in [2.05, 4.69) is 0 Å². The van der Waals surface area contributed by atoms with Gasteiger partial charge in [-0.1, -0.05) is 23.7 Å². The monoisotopic (exact) mass is 238 g/mol. The lowest BCUT2D eigenvalue weighted by Crippen LogP contribution is -2.38. The molecule has 2 rings (SSSR count). The van der Waals surface area contributed by atoms with Gasteiger partial charge in [-0.05, 0) is 24.1 Å². The van der Waals surface area contributed by atoms with Crippen molar-refractivity contribution in [3.05, 3.63) is 34.9 Å². The zero-order chi connectivity index (χ0) is 11.9. The second kappa shape index (κ2) is 3.49. The van der Waals surface area contributed by atoms with Crippen LogP contribution in [0, 0.1) is 5.41 Å². The Hall–Kier alpha value is -1.55. The summed E-state index contributed by atoms with van der Waals surface area (Å²) in [4.78, 5) is 22.5. The summed E-state index contributed by atoms with van der Waals surface area (Å²) in [5.41, 5.74) is 10.1. The standard InChI is InChI=1S/C11H11ClN2O2/c12-7-3-1-6(2-4-7)8-5-11(8,9(13)15)10(14)16/h1-4,8H,5H2,(H2,13,15)(H2,14,16). The van der Waals surface area contributed by atoms with E-state index in [1.807, 2.05) is 0 Å². The van der Waals surface area contributed by atoms with Crippen molar-refractivity contribution in [2.75, 3.05) is 0 Å². The molecule has 0 bridgehead atoms. The lowest BCUT2D eigenvalue weighted by Gasteiger charge is -2.08. The molecule has 2 amide bonds. The van der Waals surface area contributed by atoms with Crippen molar-refractivity contribution in [2.24, 2.45) is 16.9 Å². The Bertz CT molecular complexity index is 442. The van der Waals surface area contributed by atoms with Gasteiger partial charge in [0.25, 0.3) is 0 Å². The van der Waals surface area contributed by atoms with Crippen LogP contribution in [0.2, 0.25) is 5.02 Å². The average molecular weight is 239 g/mol. The largest absolute Gasteiger partial charge is 0.369 e. The predicted molar refractivity (Wildman–Crippen MR) is 59.6 cm³/mol. The molecular formula is C11H11ClN2O2. The molecule has 4 N–H and O–H groups in total. The summed E-state index contributed by atoms with van der Waals surface area (Å²) < 4.78 is 0. The number of hydrogen-bond donors (Lipinski definition) is 2. The molecule has 84 valence electrons. The number of halogens is 1. The molecule has 1 aliphatic rings. The first kappa shape index (κ1) is 11.0. The van der Waals surface area contributed by atoms with Gasteiger partial charge < -0.3 is 11.5 Å². The summed E-state index contributed by atoms with van der Waals surface area (Å²) in [7, 11) is 0. The fraction of sp³-hybridized carbons (Fsp3) is 0.273. The Kier molecular flexibility index (Phi) is 2.39. The minimum Gasteiger partial charge on any atom is -0.369 e. The lowest BCUT2D eigenvalue weighted by atomic mass is 9.98. The third kappa shape index (κ3) is 1.46. The van der Waals surface area contributed by atoms with Crippen LogP contribution in [0.1, 0.15) is 17.9 Å². The third-order valence-corrected chi connectivity index (χ3v) is 3.36. The molecular weight excluding hydrogens is 228 g/mol. The minimum absolute atomic E-state index is 0.209. The van der Waals surface area contributed by atoms with E-state index in [1.165, 1.54) is 0 Å². The second-order valence-electron chi connectivity index (χ2n) is 4.01. The van der Waals surface area contributed by atoms with Crippen LogP contribution in [0.25, 0.3) is 0 Å². The minimum atomic E-state index is -1.20. The van der Waals surface area contributed by atoms with Crippen LogP contribution in [0.3, 0.4) is 0 Å². The van der Waals surface area contributed by atoms with Gasteiger partial charge in [-0.2, -0.15) is 0 Å². The van der Waals surface area contributed by atoms with Gasteiger partial charge in [0.05, 0.1) is 0 Å². The number of hydrogen-bond acceptors (Lipinski definition) is 2. The Morgan fingerprint density at radius 2 is 1.69 bits per heavy atom. The van der Waals surface area contributed by atoms with Crippen molar-refractivity contribution in [3.63, 3.8) is 0 Å². The molecule has 0 aliphatic heterocycles. The molecule has 1 aromatic carbocycles. The molecule has 0 spiro atoms. The van der Waals surface area contributed by atoms with E-state index in [4.69, 9.17) is 23.1 Å². The molecule has 0 saturated heterocycles. The highest BCUT2D eigenvalue weighted by molar-refractivity contribution is 6.30. The Morgan fingerprint density at radius 3 is 2.06 bits per heavy atom. The van der Waals surface area contributed by atoms with Crippen LogP contribution in [0.5, 0.6) is 0 Å². The van der Waals surface area contributed by atoms with Crippen molar-refractivity contribution < 1.29 is 9.59 Å². The van der Waals surface area contributed by atoms with Crippen LogP contribution in [0.4, 0.5) is 0 Å². The lowest BCUT2D eigenvalue weighted by molar-refractivity contribution is -0.133. The molecule has 4 nitrogen and oxygen atoms in total. The number of nitrogens with two attached hydrogens (primary N) is 2. The predicted octanol–water partition coefficient (Wildman–Crippen LogP) is 0.784. The number of primary amides is 2. The molecule has 0 heterocycles. The van der Waals surface area contributed by atoms with Gasteiger partial charge in [0, 0.05) is 10.9 Å². The molecule has 1 aliphatic carbocycles. The summed E-state index contributed by atoms with van der Waals surface area (Å²) >= 11 is 5.75. The Balaban J connectivity index is 2.30. The first-order valence-electron chi connectivity index (χ1n) is 4.84.